The number of hydrogen-bond donors (Lipinski definition) is 2. The van der Waals surface area contributed by atoms with E-state index in [1.165, 1.54) is 25.7 Å². The van der Waals surface area contributed by atoms with E-state index in [-0.39, 0.29) is 0 Å². The highest BCUT2D eigenvalue weighted by molar-refractivity contribution is 7.89. The van der Waals surface area contributed by atoms with Gasteiger partial charge in [-0.25, -0.2) is 13.1 Å². The Kier molecular flexibility index (Phi) is 4.22. The molecule has 116 valence electrons. The minimum Gasteiger partial charge on any atom is -0.385 e. The molecule has 0 aromatic heterocycles. The molecule has 21 heavy (non-hydrogen) atoms. The van der Waals surface area contributed by atoms with Gasteiger partial charge >= 0.3 is 0 Å². The summed E-state index contributed by atoms with van der Waals surface area (Å²) in [5.41, 5.74) is 0.949. The Morgan fingerprint density at radius 3 is 2.48 bits per heavy atom. The Morgan fingerprint density at radius 1 is 1.14 bits per heavy atom. The fourth-order valence-corrected chi connectivity index (χ4v) is 4.98. The van der Waals surface area contributed by atoms with Crippen molar-refractivity contribution in [3.63, 3.8) is 0 Å². The number of hydrogen-bond acceptors (Lipinski definition) is 3. The van der Waals surface area contributed by atoms with Crippen molar-refractivity contribution in [3.05, 3.63) is 24.3 Å². The smallest absolute Gasteiger partial charge is 0.240 e. The highest BCUT2D eigenvalue weighted by Gasteiger charge is 2.39. The van der Waals surface area contributed by atoms with E-state index in [0.717, 1.165) is 24.1 Å². The summed E-state index contributed by atoms with van der Waals surface area (Å²) < 4.78 is 27.5. The third-order valence-corrected chi connectivity index (χ3v) is 6.41. The minimum atomic E-state index is -3.37. The number of sulfonamides is 1. The molecule has 4 nitrogen and oxygen atoms in total. The van der Waals surface area contributed by atoms with Crippen LogP contribution in [0.25, 0.3) is 0 Å². The Labute approximate surface area is 127 Å². The summed E-state index contributed by atoms with van der Waals surface area (Å²) in [6.45, 7) is 3.44. The predicted octanol–water partition coefficient (Wildman–Crippen LogP) is 2.83. The first-order valence-electron chi connectivity index (χ1n) is 7.92. The van der Waals surface area contributed by atoms with Gasteiger partial charge in [0.05, 0.1) is 4.90 Å². The quantitative estimate of drug-likeness (QED) is 0.849. The summed E-state index contributed by atoms with van der Waals surface area (Å²) in [6.07, 6.45) is 5.14. The van der Waals surface area contributed by atoms with Crippen LogP contribution >= 0.6 is 0 Å². The van der Waals surface area contributed by atoms with Crippen LogP contribution in [0.3, 0.4) is 0 Å². The summed E-state index contributed by atoms with van der Waals surface area (Å²) in [7, 11) is -3.37. The zero-order valence-electron chi connectivity index (χ0n) is 12.5. The molecule has 1 aromatic rings. The lowest BCUT2D eigenvalue weighted by Gasteiger charge is -2.21. The van der Waals surface area contributed by atoms with Crippen molar-refractivity contribution in [2.75, 3.05) is 18.4 Å². The van der Waals surface area contributed by atoms with Gasteiger partial charge in [-0.1, -0.05) is 6.42 Å². The average molecular weight is 308 g/mol. The molecule has 0 amide bonds. The first kappa shape index (κ1) is 14.9. The Hall–Kier alpha value is -1.07. The maximum absolute atomic E-state index is 12.3. The summed E-state index contributed by atoms with van der Waals surface area (Å²) in [5.74, 6) is 2.14. The van der Waals surface area contributed by atoms with Gasteiger partial charge in [-0.15, -0.1) is 0 Å². The first-order chi connectivity index (χ1) is 10.1. The molecule has 2 saturated carbocycles. The van der Waals surface area contributed by atoms with Crippen molar-refractivity contribution in [3.8, 4) is 0 Å². The molecule has 2 bridgehead atoms. The average Bonchev–Trinajstić information content (AvgIpc) is 3.09. The van der Waals surface area contributed by atoms with Crippen LogP contribution in [0.15, 0.2) is 29.2 Å². The van der Waals surface area contributed by atoms with E-state index in [9.17, 15) is 8.42 Å². The van der Waals surface area contributed by atoms with Crippen molar-refractivity contribution >= 4 is 15.7 Å². The highest BCUT2D eigenvalue weighted by atomic mass is 32.2. The van der Waals surface area contributed by atoms with Crippen LogP contribution in [-0.4, -0.2) is 21.5 Å². The standard InChI is InChI=1S/C16H24N2O2S/c1-2-17-15-5-7-16(8-6-15)21(19,20)18-11-14-10-12-3-4-13(14)9-12/h5-8,12-14,17-18H,2-4,9-11H2,1H3. The van der Waals surface area contributed by atoms with Crippen molar-refractivity contribution in [2.45, 2.75) is 37.5 Å². The largest absolute Gasteiger partial charge is 0.385 e. The van der Waals surface area contributed by atoms with Gasteiger partial charge in [0.15, 0.2) is 0 Å². The molecule has 0 aliphatic heterocycles. The monoisotopic (exact) mass is 308 g/mol. The van der Waals surface area contributed by atoms with Crippen molar-refractivity contribution < 1.29 is 8.42 Å². The van der Waals surface area contributed by atoms with Crippen LogP contribution in [-0.2, 0) is 10.0 Å². The van der Waals surface area contributed by atoms with Gasteiger partial charge < -0.3 is 5.32 Å². The lowest BCUT2D eigenvalue weighted by molar-refractivity contribution is 0.333. The van der Waals surface area contributed by atoms with Crippen LogP contribution in [0.4, 0.5) is 5.69 Å². The van der Waals surface area contributed by atoms with Gasteiger partial charge in [0.25, 0.3) is 0 Å². The summed E-state index contributed by atoms with van der Waals surface area (Å²) in [6, 6.07) is 6.97. The molecule has 2 fully saturated rings. The third kappa shape index (κ3) is 3.24. The van der Waals surface area contributed by atoms with E-state index in [4.69, 9.17) is 0 Å². The summed E-state index contributed by atoms with van der Waals surface area (Å²) >= 11 is 0. The molecule has 0 saturated heterocycles. The molecule has 0 spiro atoms. The van der Waals surface area contributed by atoms with Gasteiger partial charge in [-0.3, -0.25) is 0 Å². The molecular formula is C16H24N2O2S. The molecule has 2 N–H and O–H groups in total. The third-order valence-electron chi connectivity index (χ3n) is 4.97. The number of rotatable bonds is 6. The van der Waals surface area contributed by atoms with E-state index < -0.39 is 10.0 Å². The van der Waals surface area contributed by atoms with Gasteiger partial charge in [0.2, 0.25) is 10.0 Å². The van der Waals surface area contributed by atoms with Crippen molar-refractivity contribution in [2.24, 2.45) is 17.8 Å². The van der Waals surface area contributed by atoms with Crippen LogP contribution in [0.2, 0.25) is 0 Å². The van der Waals surface area contributed by atoms with Crippen LogP contribution < -0.4 is 10.0 Å². The molecule has 1 aromatic carbocycles. The highest BCUT2D eigenvalue weighted by Crippen LogP contribution is 2.48. The molecule has 0 heterocycles. The first-order valence-corrected chi connectivity index (χ1v) is 9.40. The maximum Gasteiger partial charge on any atom is 0.240 e. The van der Waals surface area contributed by atoms with E-state index in [2.05, 4.69) is 10.0 Å². The van der Waals surface area contributed by atoms with Crippen molar-refractivity contribution in [1.82, 2.24) is 4.72 Å². The van der Waals surface area contributed by atoms with E-state index >= 15 is 0 Å². The second kappa shape index (κ2) is 5.97. The van der Waals surface area contributed by atoms with Crippen LogP contribution in [0.1, 0.15) is 32.6 Å². The van der Waals surface area contributed by atoms with Gasteiger partial charge in [0.1, 0.15) is 0 Å². The molecule has 3 rings (SSSR count). The second-order valence-electron chi connectivity index (χ2n) is 6.34. The molecule has 2 aliphatic carbocycles. The topological polar surface area (TPSA) is 58.2 Å². The van der Waals surface area contributed by atoms with E-state index in [1.54, 1.807) is 12.1 Å². The summed E-state index contributed by atoms with van der Waals surface area (Å²) in [5, 5.41) is 3.17. The lowest BCUT2D eigenvalue weighted by Crippen LogP contribution is -2.31. The number of nitrogens with one attached hydrogen (secondary N) is 2. The van der Waals surface area contributed by atoms with Gasteiger partial charge in [0, 0.05) is 18.8 Å². The lowest BCUT2D eigenvalue weighted by atomic mass is 9.89. The fourth-order valence-electron chi connectivity index (χ4n) is 3.88. The zero-order chi connectivity index (χ0) is 14.9. The Balaban J connectivity index is 1.61. The Morgan fingerprint density at radius 2 is 1.90 bits per heavy atom. The summed E-state index contributed by atoms with van der Waals surface area (Å²) in [4.78, 5) is 0.354. The molecule has 5 heteroatoms. The van der Waals surface area contributed by atoms with Gasteiger partial charge in [-0.2, -0.15) is 0 Å². The normalized spacial score (nSPS) is 28.0. The van der Waals surface area contributed by atoms with Gasteiger partial charge in [-0.05, 0) is 68.2 Å². The molecule has 0 radical (unpaired) electrons. The number of anilines is 1. The van der Waals surface area contributed by atoms with Crippen molar-refractivity contribution in [1.29, 1.82) is 0 Å². The van der Waals surface area contributed by atoms with E-state index in [0.29, 0.717) is 17.4 Å². The molecule has 3 atom stereocenters. The minimum absolute atomic E-state index is 0.354. The zero-order valence-corrected chi connectivity index (χ0v) is 13.3. The van der Waals surface area contributed by atoms with Crippen LogP contribution in [0.5, 0.6) is 0 Å². The second-order valence-corrected chi connectivity index (χ2v) is 8.11. The number of fused-ring (bicyclic) bond motifs is 2. The Bertz CT molecular complexity index is 583. The SMILES string of the molecule is CCNc1ccc(S(=O)(=O)NCC2CC3CCC2C3)cc1. The number of benzene rings is 1. The van der Waals surface area contributed by atoms with E-state index in [1.807, 2.05) is 19.1 Å². The molecular weight excluding hydrogens is 284 g/mol. The fraction of sp³-hybridized carbons (Fsp3) is 0.625. The molecule has 2 aliphatic rings. The van der Waals surface area contributed by atoms with Crippen LogP contribution in [0, 0.1) is 17.8 Å². The molecule has 3 unspecified atom stereocenters. The maximum atomic E-state index is 12.3. The predicted molar refractivity (Wildman–Crippen MR) is 84.7 cm³/mol.